The van der Waals surface area contributed by atoms with Gasteiger partial charge < -0.3 is 9.47 Å². The molecule has 0 bridgehead atoms. The molecule has 0 atom stereocenters. The van der Waals surface area contributed by atoms with E-state index in [1.54, 1.807) is 6.07 Å². The second-order valence-electron chi connectivity index (χ2n) is 5.77. The Balaban J connectivity index is 2.35. The number of esters is 2. The number of hydrogen-bond donors (Lipinski definition) is 0. The van der Waals surface area contributed by atoms with E-state index in [1.165, 1.54) is 14.2 Å². The highest BCUT2D eigenvalue weighted by Gasteiger charge is 2.53. The SMILES string of the molecule is COC(=O)C1(C(=O)OC)Cc2ccc(C)cc2-c2ccccc21. The zero-order valence-electron chi connectivity index (χ0n) is 13.4. The third-order valence-electron chi connectivity index (χ3n) is 4.47. The summed E-state index contributed by atoms with van der Waals surface area (Å²) in [6.07, 6.45) is 0.235. The fourth-order valence-electron chi connectivity index (χ4n) is 3.36. The van der Waals surface area contributed by atoms with Gasteiger partial charge in [0.1, 0.15) is 0 Å². The molecular formula is C19H18O4. The van der Waals surface area contributed by atoms with Crippen molar-refractivity contribution in [2.75, 3.05) is 14.2 Å². The van der Waals surface area contributed by atoms with Crippen LogP contribution in [0.1, 0.15) is 16.7 Å². The second kappa shape index (κ2) is 5.54. The largest absolute Gasteiger partial charge is 0.468 e. The number of carbonyl (C=O) groups is 2. The van der Waals surface area contributed by atoms with Gasteiger partial charge in [-0.1, -0.05) is 48.0 Å². The number of rotatable bonds is 2. The Kier molecular flexibility index (Phi) is 3.68. The molecule has 0 aromatic heterocycles. The van der Waals surface area contributed by atoms with Crippen LogP contribution in [-0.2, 0) is 30.9 Å². The maximum absolute atomic E-state index is 12.6. The second-order valence-corrected chi connectivity index (χ2v) is 5.77. The Morgan fingerprint density at radius 1 is 0.957 bits per heavy atom. The van der Waals surface area contributed by atoms with Gasteiger partial charge in [0, 0.05) is 6.42 Å². The van der Waals surface area contributed by atoms with Gasteiger partial charge in [0.05, 0.1) is 14.2 Å². The van der Waals surface area contributed by atoms with Gasteiger partial charge in [0.15, 0.2) is 5.41 Å². The van der Waals surface area contributed by atoms with Crippen LogP contribution < -0.4 is 0 Å². The predicted octanol–water partition coefficient (Wildman–Crippen LogP) is 2.80. The summed E-state index contributed by atoms with van der Waals surface area (Å²) in [6, 6.07) is 13.5. The van der Waals surface area contributed by atoms with E-state index < -0.39 is 17.4 Å². The minimum Gasteiger partial charge on any atom is -0.468 e. The molecule has 0 heterocycles. The van der Waals surface area contributed by atoms with Crippen LogP contribution in [0.5, 0.6) is 0 Å². The molecule has 2 aromatic carbocycles. The topological polar surface area (TPSA) is 52.6 Å². The van der Waals surface area contributed by atoms with Crippen molar-refractivity contribution >= 4 is 11.9 Å². The van der Waals surface area contributed by atoms with Gasteiger partial charge in [-0.3, -0.25) is 9.59 Å². The van der Waals surface area contributed by atoms with Crippen molar-refractivity contribution in [2.45, 2.75) is 18.8 Å². The van der Waals surface area contributed by atoms with Crippen LogP contribution in [0.25, 0.3) is 11.1 Å². The molecule has 0 aliphatic heterocycles. The summed E-state index contributed by atoms with van der Waals surface area (Å²) in [5.74, 6) is -1.19. The molecule has 0 saturated heterocycles. The first-order valence-corrected chi connectivity index (χ1v) is 7.41. The van der Waals surface area contributed by atoms with E-state index in [9.17, 15) is 9.59 Å². The fourth-order valence-corrected chi connectivity index (χ4v) is 3.36. The summed E-state index contributed by atoms with van der Waals surface area (Å²) in [6.45, 7) is 2.02. The molecule has 1 aliphatic rings. The lowest BCUT2D eigenvalue weighted by Crippen LogP contribution is -2.49. The van der Waals surface area contributed by atoms with Crippen molar-refractivity contribution in [3.8, 4) is 11.1 Å². The first-order valence-electron chi connectivity index (χ1n) is 7.41. The maximum Gasteiger partial charge on any atom is 0.328 e. The summed E-state index contributed by atoms with van der Waals surface area (Å²) in [5.41, 5.74) is 3.16. The Bertz CT molecular complexity index is 776. The molecule has 0 spiro atoms. The molecule has 0 unspecified atom stereocenters. The molecule has 0 N–H and O–H groups in total. The molecule has 1 aliphatic carbocycles. The van der Waals surface area contributed by atoms with Gasteiger partial charge in [-0.15, -0.1) is 0 Å². The van der Waals surface area contributed by atoms with E-state index in [2.05, 4.69) is 6.07 Å². The van der Waals surface area contributed by atoms with Crippen LogP contribution in [-0.4, -0.2) is 26.2 Å². The molecule has 4 heteroatoms. The van der Waals surface area contributed by atoms with E-state index in [1.807, 2.05) is 37.3 Å². The quantitative estimate of drug-likeness (QED) is 0.632. The lowest BCUT2D eigenvalue weighted by atomic mass is 9.67. The molecule has 0 radical (unpaired) electrons. The molecule has 3 rings (SSSR count). The molecule has 4 nitrogen and oxygen atoms in total. The van der Waals surface area contributed by atoms with Gasteiger partial charge in [-0.05, 0) is 29.2 Å². The summed E-state index contributed by atoms with van der Waals surface area (Å²) in [4.78, 5) is 25.2. The molecule has 0 saturated carbocycles. The normalized spacial score (nSPS) is 14.4. The van der Waals surface area contributed by atoms with Crippen molar-refractivity contribution in [1.82, 2.24) is 0 Å². The van der Waals surface area contributed by atoms with Crippen LogP contribution in [0.4, 0.5) is 0 Å². The highest BCUT2D eigenvalue weighted by molar-refractivity contribution is 6.09. The lowest BCUT2D eigenvalue weighted by molar-refractivity contribution is -0.162. The van der Waals surface area contributed by atoms with Gasteiger partial charge in [-0.25, -0.2) is 0 Å². The first kappa shape index (κ1) is 15.3. The number of fused-ring (bicyclic) bond motifs is 3. The highest BCUT2D eigenvalue weighted by Crippen LogP contribution is 2.45. The zero-order chi connectivity index (χ0) is 16.6. The van der Waals surface area contributed by atoms with E-state index in [0.29, 0.717) is 5.56 Å². The first-order chi connectivity index (χ1) is 11.0. The average molecular weight is 310 g/mol. The fraction of sp³-hybridized carbons (Fsp3) is 0.263. The summed E-state index contributed by atoms with van der Waals surface area (Å²) in [7, 11) is 2.58. The number of aryl methyl sites for hydroxylation is 1. The van der Waals surface area contributed by atoms with Crippen LogP contribution in [0.3, 0.4) is 0 Å². The van der Waals surface area contributed by atoms with Crippen molar-refractivity contribution < 1.29 is 19.1 Å². The average Bonchev–Trinajstić information content (AvgIpc) is 2.59. The minimum absolute atomic E-state index is 0.235. The molecule has 0 amide bonds. The summed E-state index contributed by atoms with van der Waals surface area (Å²) < 4.78 is 9.94. The smallest absolute Gasteiger partial charge is 0.328 e. The molecule has 118 valence electrons. The van der Waals surface area contributed by atoms with E-state index in [4.69, 9.17) is 9.47 Å². The van der Waals surface area contributed by atoms with Crippen molar-refractivity contribution in [3.05, 3.63) is 59.2 Å². The summed E-state index contributed by atoms with van der Waals surface area (Å²) in [5, 5.41) is 0. The Labute approximate surface area is 135 Å². The Hall–Kier alpha value is -2.62. The number of hydrogen-bond acceptors (Lipinski definition) is 4. The van der Waals surface area contributed by atoms with Crippen molar-refractivity contribution in [1.29, 1.82) is 0 Å². The summed E-state index contributed by atoms with van der Waals surface area (Å²) >= 11 is 0. The number of benzene rings is 2. The molecule has 0 fully saturated rings. The maximum atomic E-state index is 12.6. The number of ether oxygens (including phenoxy) is 2. The third kappa shape index (κ3) is 2.13. The zero-order valence-corrected chi connectivity index (χ0v) is 13.4. The lowest BCUT2D eigenvalue weighted by Gasteiger charge is -2.35. The van der Waals surface area contributed by atoms with Gasteiger partial charge >= 0.3 is 11.9 Å². The number of methoxy groups -OCH3 is 2. The Morgan fingerprint density at radius 2 is 1.61 bits per heavy atom. The van der Waals surface area contributed by atoms with Gasteiger partial charge in [0.25, 0.3) is 0 Å². The highest BCUT2D eigenvalue weighted by atomic mass is 16.5. The monoisotopic (exact) mass is 310 g/mol. The van der Waals surface area contributed by atoms with Gasteiger partial charge in [-0.2, -0.15) is 0 Å². The van der Waals surface area contributed by atoms with Gasteiger partial charge in [0.2, 0.25) is 0 Å². The van der Waals surface area contributed by atoms with E-state index in [-0.39, 0.29) is 6.42 Å². The van der Waals surface area contributed by atoms with Crippen molar-refractivity contribution in [3.63, 3.8) is 0 Å². The Morgan fingerprint density at radius 3 is 2.26 bits per heavy atom. The predicted molar refractivity (Wildman–Crippen MR) is 86.0 cm³/mol. The van der Waals surface area contributed by atoms with Crippen LogP contribution in [0.15, 0.2) is 42.5 Å². The molecule has 23 heavy (non-hydrogen) atoms. The van der Waals surface area contributed by atoms with Crippen LogP contribution in [0.2, 0.25) is 0 Å². The van der Waals surface area contributed by atoms with E-state index in [0.717, 1.165) is 22.3 Å². The van der Waals surface area contributed by atoms with Crippen molar-refractivity contribution in [2.24, 2.45) is 0 Å². The number of carbonyl (C=O) groups excluding carboxylic acids is 2. The van der Waals surface area contributed by atoms with Crippen LogP contribution in [0, 0.1) is 6.92 Å². The minimum atomic E-state index is -1.46. The van der Waals surface area contributed by atoms with Crippen LogP contribution >= 0.6 is 0 Å². The van der Waals surface area contributed by atoms with E-state index >= 15 is 0 Å². The third-order valence-corrected chi connectivity index (χ3v) is 4.47. The standard InChI is InChI=1S/C19H18O4/c1-12-8-9-13-11-19(17(20)22-2,18(21)23-3)16-7-5-4-6-14(16)15(13)10-12/h4-10H,11H2,1-3H3. The molecule has 2 aromatic rings. The molecular weight excluding hydrogens is 292 g/mol.